The van der Waals surface area contributed by atoms with E-state index in [2.05, 4.69) is 38.9 Å². The van der Waals surface area contributed by atoms with Gasteiger partial charge in [-0.25, -0.2) is 9.37 Å². The molecule has 0 atom stereocenters. The summed E-state index contributed by atoms with van der Waals surface area (Å²) in [5.74, 6) is 0.214. The summed E-state index contributed by atoms with van der Waals surface area (Å²) in [4.78, 5) is 20.9. The molecule has 2 fully saturated rings. The van der Waals surface area contributed by atoms with Crippen molar-refractivity contribution in [2.24, 2.45) is 0 Å². The van der Waals surface area contributed by atoms with Crippen molar-refractivity contribution in [3.05, 3.63) is 46.0 Å². The summed E-state index contributed by atoms with van der Waals surface area (Å²) in [5, 5.41) is 8.61. The molecule has 1 aliphatic heterocycles. The zero-order valence-corrected chi connectivity index (χ0v) is 16.3. The molecule has 1 aliphatic carbocycles. The first-order valence-electron chi connectivity index (χ1n) is 9.50. The number of hydrogen-bond acceptors (Lipinski definition) is 5. The van der Waals surface area contributed by atoms with Gasteiger partial charge in [-0.2, -0.15) is 0 Å². The van der Waals surface area contributed by atoms with Gasteiger partial charge in [0.15, 0.2) is 0 Å². The number of piperidine rings is 1. The summed E-state index contributed by atoms with van der Waals surface area (Å²) >= 11 is 1.79. The zero-order chi connectivity index (χ0) is 18.9. The molecule has 5 nitrogen and oxygen atoms in total. The number of carbonyl (C=O) groups is 1. The second-order valence-electron chi connectivity index (χ2n) is 7.62. The Kier molecular flexibility index (Phi) is 5.14. The number of rotatable bonds is 6. The topological polar surface area (TPSA) is 57.3 Å². The van der Waals surface area contributed by atoms with Gasteiger partial charge in [0.2, 0.25) is 5.91 Å². The number of hydrogen-bond donors (Lipinski definition) is 2. The molecule has 2 N–H and O–H groups in total. The van der Waals surface area contributed by atoms with E-state index in [0.717, 1.165) is 32.5 Å². The van der Waals surface area contributed by atoms with E-state index in [0.29, 0.717) is 24.7 Å². The van der Waals surface area contributed by atoms with E-state index >= 15 is 0 Å². The van der Waals surface area contributed by atoms with Gasteiger partial charge in [-0.1, -0.05) is 0 Å². The molecule has 0 unspecified atom stereocenters. The second kappa shape index (κ2) is 7.56. The van der Waals surface area contributed by atoms with E-state index in [-0.39, 0.29) is 11.7 Å². The van der Waals surface area contributed by atoms with Crippen molar-refractivity contribution < 1.29 is 9.18 Å². The Bertz CT molecular complexity index is 795. The van der Waals surface area contributed by atoms with Crippen LogP contribution < -0.4 is 10.6 Å². The minimum atomic E-state index is -0.686. The molecular weight excluding hydrogens is 363 g/mol. The third-order valence-corrected chi connectivity index (χ3v) is 6.49. The van der Waals surface area contributed by atoms with Gasteiger partial charge < -0.3 is 10.6 Å². The highest BCUT2D eigenvalue weighted by Crippen LogP contribution is 2.30. The molecule has 0 bridgehead atoms. The number of aromatic nitrogens is 1. The van der Waals surface area contributed by atoms with Crippen molar-refractivity contribution in [3.63, 3.8) is 0 Å². The fraction of sp³-hybridized carbons (Fsp3) is 0.500. The van der Waals surface area contributed by atoms with Gasteiger partial charge in [-0.3, -0.25) is 9.69 Å². The summed E-state index contributed by atoms with van der Waals surface area (Å²) in [6.07, 6.45) is 4.70. The molecule has 7 heteroatoms. The van der Waals surface area contributed by atoms with Crippen molar-refractivity contribution in [3.8, 4) is 0 Å². The minimum absolute atomic E-state index is 0.0445. The van der Waals surface area contributed by atoms with Crippen LogP contribution in [-0.4, -0.2) is 40.5 Å². The van der Waals surface area contributed by atoms with Crippen LogP contribution in [0, 0.1) is 12.7 Å². The lowest BCUT2D eigenvalue weighted by molar-refractivity contribution is -0.127. The highest BCUT2D eigenvalue weighted by atomic mass is 32.1. The number of anilines is 1. The standard InChI is InChI=1S/C20H25FN4OS/c1-14-6-11-27-17(14)13-25-9-7-20(8-10-25,19(26)23-16-3-4-16)24-18-5-2-15(21)12-22-18/h2,5-6,11-12,16H,3-4,7-10,13H2,1H3,(H,22,24)(H,23,26). The molecule has 2 aromatic rings. The predicted molar refractivity (Wildman–Crippen MR) is 105 cm³/mol. The largest absolute Gasteiger partial charge is 0.356 e. The lowest BCUT2D eigenvalue weighted by atomic mass is 9.86. The summed E-state index contributed by atoms with van der Waals surface area (Å²) in [5.41, 5.74) is 0.644. The van der Waals surface area contributed by atoms with Crippen LogP contribution in [0.3, 0.4) is 0 Å². The van der Waals surface area contributed by atoms with Gasteiger partial charge in [0.05, 0.1) is 6.20 Å². The van der Waals surface area contributed by atoms with Gasteiger partial charge in [-0.05, 0) is 61.7 Å². The Morgan fingerprint density at radius 2 is 2.11 bits per heavy atom. The third kappa shape index (κ3) is 4.30. The Morgan fingerprint density at radius 1 is 1.33 bits per heavy atom. The zero-order valence-electron chi connectivity index (χ0n) is 15.5. The first-order valence-corrected chi connectivity index (χ1v) is 10.4. The maximum absolute atomic E-state index is 13.2. The number of amides is 1. The minimum Gasteiger partial charge on any atom is -0.356 e. The first kappa shape index (κ1) is 18.4. The van der Waals surface area contributed by atoms with E-state index in [9.17, 15) is 9.18 Å². The van der Waals surface area contributed by atoms with Crippen molar-refractivity contribution in [1.29, 1.82) is 0 Å². The highest BCUT2D eigenvalue weighted by molar-refractivity contribution is 7.10. The number of thiophene rings is 1. The summed E-state index contributed by atoms with van der Waals surface area (Å²) in [7, 11) is 0. The van der Waals surface area contributed by atoms with Crippen LogP contribution in [0.15, 0.2) is 29.8 Å². The maximum Gasteiger partial charge on any atom is 0.246 e. The lowest BCUT2D eigenvalue weighted by Crippen LogP contribution is -2.58. The number of aryl methyl sites for hydroxylation is 1. The smallest absolute Gasteiger partial charge is 0.246 e. The van der Waals surface area contributed by atoms with Crippen LogP contribution in [0.2, 0.25) is 0 Å². The van der Waals surface area contributed by atoms with Gasteiger partial charge in [0.25, 0.3) is 0 Å². The SMILES string of the molecule is Cc1ccsc1CN1CCC(Nc2ccc(F)cn2)(C(=O)NC2CC2)CC1. The van der Waals surface area contributed by atoms with Gasteiger partial charge in [-0.15, -0.1) is 11.3 Å². The fourth-order valence-electron chi connectivity index (χ4n) is 3.52. The molecule has 0 radical (unpaired) electrons. The average Bonchev–Trinajstić information content (AvgIpc) is 3.39. The quantitative estimate of drug-likeness (QED) is 0.797. The van der Waals surface area contributed by atoms with Crippen LogP contribution >= 0.6 is 11.3 Å². The van der Waals surface area contributed by atoms with Crippen LogP contribution in [0.1, 0.15) is 36.1 Å². The summed E-state index contributed by atoms with van der Waals surface area (Å²) in [6.45, 7) is 4.75. The van der Waals surface area contributed by atoms with Crippen LogP contribution in [0.25, 0.3) is 0 Å². The molecule has 0 spiro atoms. The molecule has 0 aromatic carbocycles. The number of likely N-dealkylation sites (tertiary alicyclic amines) is 1. The molecule has 1 amide bonds. The Hall–Kier alpha value is -1.99. The van der Waals surface area contributed by atoms with E-state index in [1.54, 1.807) is 17.4 Å². The number of nitrogens with one attached hydrogen (secondary N) is 2. The Balaban J connectivity index is 1.46. The van der Waals surface area contributed by atoms with E-state index in [1.807, 2.05) is 0 Å². The van der Waals surface area contributed by atoms with Gasteiger partial charge >= 0.3 is 0 Å². The highest BCUT2D eigenvalue weighted by Gasteiger charge is 2.43. The fourth-order valence-corrected chi connectivity index (χ4v) is 4.46. The predicted octanol–water partition coefficient (Wildman–Crippen LogP) is 3.32. The molecule has 3 heterocycles. The normalized spacial score (nSPS) is 19.6. The van der Waals surface area contributed by atoms with Gasteiger partial charge in [0, 0.05) is 30.6 Å². The van der Waals surface area contributed by atoms with E-state index in [4.69, 9.17) is 0 Å². The van der Waals surface area contributed by atoms with Gasteiger partial charge in [0.1, 0.15) is 17.2 Å². The molecule has 2 aliphatic rings. The third-order valence-electron chi connectivity index (χ3n) is 5.49. The molecular formula is C20H25FN4OS. The van der Waals surface area contributed by atoms with Crippen molar-refractivity contribution in [2.75, 3.05) is 18.4 Å². The average molecular weight is 389 g/mol. The van der Waals surface area contributed by atoms with Crippen LogP contribution in [0.5, 0.6) is 0 Å². The molecule has 1 saturated carbocycles. The Morgan fingerprint density at radius 3 is 2.70 bits per heavy atom. The van der Waals surface area contributed by atoms with Crippen molar-refractivity contribution >= 4 is 23.1 Å². The van der Waals surface area contributed by atoms with Crippen LogP contribution in [0.4, 0.5) is 10.2 Å². The summed E-state index contributed by atoms with van der Waals surface area (Å²) < 4.78 is 13.2. The molecule has 144 valence electrons. The Labute approximate surface area is 163 Å². The molecule has 2 aromatic heterocycles. The first-order chi connectivity index (χ1) is 13.0. The van der Waals surface area contributed by atoms with Crippen LogP contribution in [-0.2, 0) is 11.3 Å². The number of pyridine rings is 1. The maximum atomic E-state index is 13.2. The lowest BCUT2D eigenvalue weighted by Gasteiger charge is -2.41. The number of halogens is 1. The van der Waals surface area contributed by atoms with Crippen molar-refractivity contribution in [1.82, 2.24) is 15.2 Å². The summed E-state index contributed by atoms with van der Waals surface area (Å²) in [6, 6.07) is 5.43. The number of nitrogens with zero attached hydrogens (tertiary/aromatic N) is 2. The molecule has 4 rings (SSSR count). The van der Waals surface area contributed by atoms with Crippen molar-refractivity contribution in [2.45, 2.75) is 50.7 Å². The van der Waals surface area contributed by atoms with E-state index < -0.39 is 5.54 Å². The van der Waals surface area contributed by atoms with E-state index in [1.165, 1.54) is 22.7 Å². The molecule has 27 heavy (non-hydrogen) atoms. The second-order valence-corrected chi connectivity index (χ2v) is 8.62. The molecule has 1 saturated heterocycles. The monoisotopic (exact) mass is 388 g/mol. The number of carbonyl (C=O) groups excluding carboxylic acids is 1.